The fourth-order valence-electron chi connectivity index (χ4n) is 1.71. The van der Waals surface area contributed by atoms with Crippen LogP contribution in [0, 0.1) is 5.92 Å². The van der Waals surface area contributed by atoms with Crippen LogP contribution in [0.1, 0.15) is 20.3 Å². The summed E-state index contributed by atoms with van der Waals surface area (Å²) in [6.45, 7) is 4.59. The van der Waals surface area contributed by atoms with Crippen molar-refractivity contribution < 1.29 is 9.84 Å². The summed E-state index contributed by atoms with van der Waals surface area (Å²) in [5.74, 6) is 2.21. The van der Waals surface area contributed by atoms with Gasteiger partial charge < -0.3 is 20.5 Å². The van der Waals surface area contributed by atoms with Gasteiger partial charge in [0, 0.05) is 13.6 Å². The van der Waals surface area contributed by atoms with Crippen LogP contribution in [-0.4, -0.2) is 41.9 Å². The van der Waals surface area contributed by atoms with Gasteiger partial charge >= 0.3 is 0 Å². The third-order valence-corrected chi connectivity index (χ3v) is 2.49. The van der Waals surface area contributed by atoms with Crippen LogP contribution in [0.5, 0.6) is 5.75 Å². The second-order valence-electron chi connectivity index (χ2n) is 4.52. The first-order valence-electron chi connectivity index (χ1n) is 6.07. The Hall–Kier alpha value is -1.56. The molecule has 0 radical (unpaired) electrons. The van der Waals surface area contributed by atoms with E-state index in [1.807, 2.05) is 0 Å². The molecule has 1 heterocycles. The summed E-state index contributed by atoms with van der Waals surface area (Å²) in [5, 5.41) is 15.8. The molecule has 0 amide bonds. The van der Waals surface area contributed by atoms with Gasteiger partial charge in [0.2, 0.25) is 5.75 Å². The lowest BCUT2D eigenvalue weighted by Gasteiger charge is -2.16. The lowest BCUT2D eigenvalue weighted by Crippen LogP contribution is -2.22. The number of ether oxygens (including phenoxy) is 1. The van der Waals surface area contributed by atoms with Crippen molar-refractivity contribution in [3.63, 3.8) is 0 Å². The third-order valence-electron chi connectivity index (χ3n) is 2.49. The first-order valence-corrected chi connectivity index (χ1v) is 6.07. The van der Waals surface area contributed by atoms with E-state index in [9.17, 15) is 5.11 Å². The average molecular weight is 254 g/mol. The molecule has 0 aliphatic rings. The zero-order valence-electron chi connectivity index (χ0n) is 11.4. The Kier molecular flexibility index (Phi) is 5.64. The van der Waals surface area contributed by atoms with Gasteiger partial charge in [-0.25, -0.2) is 9.97 Å². The normalized spacial score (nSPS) is 12.3. The van der Waals surface area contributed by atoms with Gasteiger partial charge in [-0.1, -0.05) is 13.8 Å². The Morgan fingerprint density at radius 3 is 2.56 bits per heavy atom. The quantitative estimate of drug-likeness (QED) is 0.681. The highest BCUT2D eigenvalue weighted by atomic mass is 16.5. The Labute approximate surface area is 108 Å². The molecule has 1 atom stereocenters. The molecular weight excluding hydrogens is 232 g/mol. The van der Waals surface area contributed by atoms with Gasteiger partial charge in [0.1, 0.15) is 6.33 Å². The Morgan fingerprint density at radius 2 is 2.00 bits per heavy atom. The molecule has 0 aromatic carbocycles. The number of nitrogens with zero attached hydrogens (tertiary/aromatic N) is 2. The number of aliphatic hydroxyl groups is 1. The van der Waals surface area contributed by atoms with Crippen LogP contribution in [0.25, 0.3) is 0 Å². The monoisotopic (exact) mass is 254 g/mol. The summed E-state index contributed by atoms with van der Waals surface area (Å²) in [6, 6.07) is 0. The molecule has 1 aromatic heterocycles. The first-order chi connectivity index (χ1) is 8.58. The molecular formula is C12H22N4O2. The van der Waals surface area contributed by atoms with Crippen molar-refractivity contribution in [1.29, 1.82) is 0 Å². The number of methoxy groups -OCH3 is 1. The predicted octanol–water partition coefficient (Wildman–Crippen LogP) is 1.35. The zero-order valence-corrected chi connectivity index (χ0v) is 11.4. The van der Waals surface area contributed by atoms with Gasteiger partial charge in [-0.15, -0.1) is 0 Å². The van der Waals surface area contributed by atoms with Gasteiger partial charge in [0.15, 0.2) is 11.6 Å². The lowest BCUT2D eigenvalue weighted by molar-refractivity contribution is 0.161. The summed E-state index contributed by atoms with van der Waals surface area (Å²) in [5.41, 5.74) is 0. The highest BCUT2D eigenvalue weighted by Gasteiger charge is 2.12. The Balaban J connectivity index is 2.67. The summed E-state index contributed by atoms with van der Waals surface area (Å²) in [6.07, 6.45) is 1.80. The van der Waals surface area contributed by atoms with E-state index in [-0.39, 0.29) is 0 Å². The topological polar surface area (TPSA) is 79.3 Å². The molecule has 18 heavy (non-hydrogen) atoms. The van der Waals surface area contributed by atoms with E-state index in [2.05, 4.69) is 34.4 Å². The van der Waals surface area contributed by atoms with Gasteiger partial charge in [0.05, 0.1) is 13.2 Å². The Morgan fingerprint density at radius 1 is 1.33 bits per heavy atom. The fraction of sp³-hybridized carbons (Fsp3) is 0.667. The maximum Gasteiger partial charge on any atom is 0.204 e. The molecule has 0 bridgehead atoms. The molecule has 0 saturated heterocycles. The van der Waals surface area contributed by atoms with Crippen molar-refractivity contribution in [2.24, 2.45) is 5.92 Å². The SMILES string of the molecule is CNc1ncnc(NCC(O)CC(C)C)c1OC. The molecule has 0 spiro atoms. The average Bonchev–Trinajstić information content (AvgIpc) is 2.34. The van der Waals surface area contributed by atoms with Crippen molar-refractivity contribution in [3.8, 4) is 5.75 Å². The zero-order chi connectivity index (χ0) is 13.5. The number of hydrogen-bond donors (Lipinski definition) is 3. The number of nitrogens with one attached hydrogen (secondary N) is 2. The van der Waals surface area contributed by atoms with E-state index in [4.69, 9.17) is 4.74 Å². The van der Waals surface area contributed by atoms with Crippen LogP contribution < -0.4 is 15.4 Å². The maximum absolute atomic E-state index is 9.81. The minimum atomic E-state index is -0.400. The van der Waals surface area contributed by atoms with E-state index in [0.717, 1.165) is 6.42 Å². The van der Waals surface area contributed by atoms with E-state index in [0.29, 0.717) is 29.8 Å². The number of hydrogen-bond acceptors (Lipinski definition) is 6. The summed E-state index contributed by atoms with van der Waals surface area (Å²) in [7, 11) is 3.33. The van der Waals surface area contributed by atoms with Gasteiger partial charge in [-0.2, -0.15) is 0 Å². The molecule has 0 aliphatic carbocycles. The van der Waals surface area contributed by atoms with Crippen molar-refractivity contribution in [1.82, 2.24) is 9.97 Å². The standard InChI is InChI=1S/C12H22N4O2/c1-8(2)5-9(17)6-14-12-10(18-4)11(13-3)15-7-16-12/h7-9,17H,5-6H2,1-4H3,(H2,13,14,15,16). The van der Waals surface area contributed by atoms with Crippen molar-refractivity contribution >= 4 is 11.6 Å². The van der Waals surface area contributed by atoms with Gasteiger partial charge in [0.25, 0.3) is 0 Å². The molecule has 102 valence electrons. The number of aliphatic hydroxyl groups excluding tert-OH is 1. The summed E-state index contributed by atoms with van der Waals surface area (Å²) in [4.78, 5) is 8.17. The van der Waals surface area contributed by atoms with Crippen LogP contribution >= 0.6 is 0 Å². The van der Waals surface area contributed by atoms with E-state index >= 15 is 0 Å². The lowest BCUT2D eigenvalue weighted by atomic mass is 10.1. The highest BCUT2D eigenvalue weighted by molar-refractivity contribution is 5.63. The van der Waals surface area contributed by atoms with E-state index < -0.39 is 6.10 Å². The third kappa shape index (κ3) is 4.03. The second-order valence-corrected chi connectivity index (χ2v) is 4.52. The minimum absolute atomic E-state index is 0.400. The largest absolute Gasteiger partial charge is 0.490 e. The van der Waals surface area contributed by atoms with Crippen molar-refractivity contribution in [2.45, 2.75) is 26.4 Å². The van der Waals surface area contributed by atoms with Crippen LogP contribution in [-0.2, 0) is 0 Å². The van der Waals surface area contributed by atoms with E-state index in [1.165, 1.54) is 6.33 Å². The molecule has 0 fully saturated rings. The molecule has 6 nitrogen and oxygen atoms in total. The van der Waals surface area contributed by atoms with Crippen molar-refractivity contribution in [3.05, 3.63) is 6.33 Å². The molecule has 6 heteroatoms. The van der Waals surface area contributed by atoms with Gasteiger partial charge in [-0.05, 0) is 12.3 Å². The van der Waals surface area contributed by atoms with Crippen LogP contribution in [0.3, 0.4) is 0 Å². The number of rotatable bonds is 7. The molecule has 1 aromatic rings. The summed E-state index contributed by atoms with van der Waals surface area (Å²) >= 11 is 0. The predicted molar refractivity (Wildman–Crippen MR) is 72.1 cm³/mol. The molecule has 1 rings (SSSR count). The number of anilines is 2. The molecule has 0 aliphatic heterocycles. The smallest absolute Gasteiger partial charge is 0.204 e. The molecule has 0 saturated carbocycles. The molecule has 1 unspecified atom stereocenters. The van der Waals surface area contributed by atoms with E-state index in [1.54, 1.807) is 14.2 Å². The van der Waals surface area contributed by atoms with Crippen molar-refractivity contribution in [2.75, 3.05) is 31.3 Å². The fourth-order valence-corrected chi connectivity index (χ4v) is 1.71. The summed E-state index contributed by atoms with van der Waals surface area (Å²) < 4.78 is 5.25. The first kappa shape index (κ1) is 14.5. The maximum atomic E-state index is 9.81. The van der Waals surface area contributed by atoms with Crippen LogP contribution in [0.2, 0.25) is 0 Å². The van der Waals surface area contributed by atoms with Gasteiger partial charge in [-0.3, -0.25) is 0 Å². The Bertz CT molecular complexity index is 371. The minimum Gasteiger partial charge on any atom is -0.490 e. The number of aromatic nitrogens is 2. The van der Waals surface area contributed by atoms with Crippen LogP contribution in [0.4, 0.5) is 11.6 Å². The highest BCUT2D eigenvalue weighted by Crippen LogP contribution is 2.28. The molecule has 3 N–H and O–H groups in total. The second kappa shape index (κ2) is 7.00. The van der Waals surface area contributed by atoms with Crippen LogP contribution in [0.15, 0.2) is 6.33 Å².